The van der Waals surface area contributed by atoms with Crippen LogP contribution in [0.1, 0.15) is 12.5 Å². The van der Waals surface area contributed by atoms with E-state index in [9.17, 15) is 9.90 Å². The molecule has 1 atom stereocenters. The number of fused-ring (bicyclic) bond motifs is 1. The van der Waals surface area contributed by atoms with Gasteiger partial charge in [-0.15, -0.1) is 0 Å². The van der Waals surface area contributed by atoms with Crippen molar-refractivity contribution >= 4 is 11.6 Å². The van der Waals surface area contributed by atoms with Gasteiger partial charge in [0.1, 0.15) is 0 Å². The van der Waals surface area contributed by atoms with Crippen molar-refractivity contribution in [3.05, 3.63) is 29.8 Å². The monoisotopic (exact) mass is 248 g/mol. The van der Waals surface area contributed by atoms with Crippen molar-refractivity contribution in [2.45, 2.75) is 18.9 Å². The van der Waals surface area contributed by atoms with Crippen LogP contribution in [0.4, 0.5) is 5.69 Å². The first-order valence-corrected chi connectivity index (χ1v) is 6.14. The van der Waals surface area contributed by atoms with E-state index in [2.05, 4.69) is 6.07 Å². The molecule has 2 rings (SSSR count). The van der Waals surface area contributed by atoms with Crippen molar-refractivity contribution in [1.29, 1.82) is 0 Å². The Morgan fingerprint density at radius 3 is 2.72 bits per heavy atom. The van der Waals surface area contributed by atoms with Crippen molar-refractivity contribution in [3.63, 3.8) is 0 Å². The molecule has 1 N–H and O–H groups in total. The number of carbonyl (C=O) groups is 1. The summed E-state index contributed by atoms with van der Waals surface area (Å²) >= 11 is 0. The molecule has 0 aromatic heterocycles. The van der Waals surface area contributed by atoms with E-state index < -0.39 is 0 Å². The van der Waals surface area contributed by atoms with Gasteiger partial charge in [0.05, 0.1) is 18.7 Å². The van der Waals surface area contributed by atoms with Gasteiger partial charge in [-0.1, -0.05) is 18.2 Å². The first kappa shape index (κ1) is 12.9. The number of carbonyl (C=O) groups excluding carboxylic acids is 1. The first-order valence-electron chi connectivity index (χ1n) is 6.14. The molecule has 4 nitrogen and oxygen atoms in total. The molecule has 0 saturated heterocycles. The number of hydrogen-bond acceptors (Lipinski definition) is 3. The van der Waals surface area contributed by atoms with Crippen molar-refractivity contribution in [2.75, 3.05) is 32.1 Å². The van der Waals surface area contributed by atoms with E-state index >= 15 is 0 Å². The van der Waals surface area contributed by atoms with Gasteiger partial charge in [-0.25, -0.2) is 0 Å². The lowest BCUT2D eigenvalue weighted by Crippen LogP contribution is -2.51. The Balaban J connectivity index is 2.32. The number of amides is 1. The summed E-state index contributed by atoms with van der Waals surface area (Å²) in [6.45, 7) is 2.35. The highest BCUT2D eigenvalue weighted by molar-refractivity contribution is 5.82. The predicted octanol–water partition coefficient (Wildman–Crippen LogP) is 0.888. The number of nitrogens with zero attached hydrogens (tertiary/aromatic N) is 2. The molecule has 1 aliphatic heterocycles. The topological polar surface area (TPSA) is 43.8 Å². The van der Waals surface area contributed by atoms with Gasteiger partial charge in [-0.05, 0) is 25.0 Å². The summed E-state index contributed by atoms with van der Waals surface area (Å²) in [5.74, 6) is 0.0476. The molecule has 1 aromatic rings. The molecule has 0 saturated carbocycles. The first-order chi connectivity index (χ1) is 8.48. The van der Waals surface area contributed by atoms with Gasteiger partial charge in [0.2, 0.25) is 5.91 Å². The van der Waals surface area contributed by atoms with Crippen LogP contribution in [0.3, 0.4) is 0 Å². The number of hydrogen-bond donors (Lipinski definition) is 1. The third-order valence-electron chi connectivity index (χ3n) is 3.64. The second-order valence-electron chi connectivity index (χ2n) is 5.33. The summed E-state index contributed by atoms with van der Waals surface area (Å²) in [6.07, 6.45) is 0.778. The lowest BCUT2D eigenvalue weighted by molar-refractivity contribution is -0.127. The highest BCUT2D eigenvalue weighted by Gasteiger charge is 2.40. The summed E-state index contributed by atoms with van der Waals surface area (Å²) in [5.41, 5.74) is 1.87. The van der Waals surface area contributed by atoms with Crippen LogP contribution in [0.15, 0.2) is 24.3 Å². The number of anilines is 1. The number of rotatable bonds is 3. The fourth-order valence-corrected chi connectivity index (χ4v) is 2.41. The Labute approximate surface area is 108 Å². The van der Waals surface area contributed by atoms with Gasteiger partial charge in [0.15, 0.2) is 0 Å². The largest absolute Gasteiger partial charge is 0.394 e. The molecule has 0 unspecified atom stereocenters. The Bertz CT molecular complexity index is 459. The minimum Gasteiger partial charge on any atom is -0.394 e. The summed E-state index contributed by atoms with van der Waals surface area (Å²) in [4.78, 5) is 15.5. The van der Waals surface area contributed by atoms with Crippen LogP contribution in [0.5, 0.6) is 0 Å². The zero-order valence-corrected chi connectivity index (χ0v) is 11.2. The molecule has 0 fully saturated rings. The quantitative estimate of drug-likeness (QED) is 0.864. The standard InChI is InChI=1S/C14H20N2O2/c1-14(10-17)8-11-6-4-5-7-12(11)16(14)9-13(18)15(2)3/h4-7,17H,8-10H2,1-3H3/t14-/m1/s1. The second-order valence-corrected chi connectivity index (χ2v) is 5.33. The summed E-state index contributed by atoms with van der Waals surface area (Å²) in [5, 5.41) is 9.65. The van der Waals surface area contributed by atoms with E-state index in [0.29, 0.717) is 6.54 Å². The molecule has 18 heavy (non-hydrogen) atoms. The number of likely N-dealkylation sites (N-methyl/N-ethyl adjacent to an activating group) is 1. The predicted molar refractivity (Wildman–Crippen MR) is 71.7 cm³/mol. The van der Waals surface area contributed by atoms with Gasteiger partial charge in [0.25, 0.3) is 0 Å². The molecular formula is C14H20N2O2. The van der Waals surface area contributed by atoms with Gasteiger partial charge < -0.3 is 14.9 Å². The van der Waals surface area contributed by atoms with Crippen LogP contribution < -0.4 is 4.90 Å². The Hall–Kier alpha value is -1.55. The maximum Gasteiger partial charge on any atom is 0.241 e. The zero-order chi connectivity index (χ0) is 13.3. The van der Waals surface area contributed by atoms with Gasteiger partial charge in [-0.2, -0.15) is 0 Å². The molecule has 0 radical (unpaired) electrons. The fraction of sp³-hybridized carbons (Fsp3) is 0.500. The van der Waals surface area contributed by atoms with Gasteiger partial charge in [0, 0.05) is 19.8 Å². The molecule has 1 aliphatic rings. The smallest absolute Gasteiger partial charge is 0.241 e. The van der Waals surface area contributed by atoms with Crippen LogP contribution in [0.2, 0.25) is 0 Å². The van der Waals surface area contributed by atoms with Crippen LogP contribution in [0.25, 0.3) is 0 Å². The zero-order valence-electron chi connectivity index (χ0n) is 11.2. The van der Waals surface area contributed by atoms with Gasteiger partial charge >= 0.3 is 0 Å². The minimum absolute atomic E-state index is 0.0440. The van der Waals surface area contributed by atoms with Crippen LogP contribution >= 0.6 is 0 Å². The number of aliphatic hydroxyl groups is 1. The van der Waals surface area contributed by atoms with E-state index in [1.54, 1.807) is 19.0 Å². The normalized spacial score (nSPS) is 21.9. The lowest BCUT2D eigenvalue weighted by Gasteiger charge is -2.36. The summed E-state index contributed by atoms with van der Waals surface area (Å²) in [6, 6.07) is 8.03. The Kier molecular flexibility index (Phi) is 3.30. The average molecular weight is 248 g/mol. The average Bonchev–Trinajstić information content (AvgIpc) is 2.63. The number of para-hydroxylation sites is 1. The summed E-state index contributed by atoms with van der Waals surface area (Å²) in [7, 11) is 3.50. The summed E-state index contributed by atoms with van der Waals surface area (Å²) < 4.78 is 0. The molecule has 0 spiro atoms. The Morgan fingerprint density at radius 2 is 2.11 bits per heavy atom. The molecule has 4 heteroatoms. The molecule has 0 aliphatic carbocycles. The maximum atomic E-state index is 11.9. The molecule has 98 valence electrons. The van der Waals surface area contributed by atoms with Crippen molar-refractivity contribution in [3.8, 4) is 0 Å². The van der Waals surface area contributed by atoms with E-state index in [-0.39, 0.29) is 18.1 Å². The maximum absolute atomic E-state index is 11.9. The van der Waals surface area contributed by atoms with E-state index in [1.165, 1.54) is 5.56 Å². The van der Waals surface area contributed by atoms with Crippen molar-refractivity contribution in [2.24, 2.45) is 0 Å². The molecule has 1 amide bonds. The van der Waals surface area contributed by atoms with Gasteiger partial charge in [-0.3, -0.25) is 4.79 Å². The van der Waals surface area contributed by atoms with Crippen LogP contribution in [-0.2, 0) is 11.2 Å². The number of aliphatic hydroxyl groups excluding tert-OH is 1. The molecule has 1 heterocycles. The van der Waals surface area contributed by atoms with Crippen LogP contribution in [0, 0.1) is 0 Å². The van der Waals surface area contributed by atoms with E-state index in [0.717, 1.165) is 12.1 Å². The highest BCUT2D eigenvalue weighted by Crippen LogP contribution is 2.38. The van der Waals surface area contributed by atoms with Crippen molar-refractivity contribution in [1.82, 2.24) is 4.90 Å². The molecule has 0 bridgehead atoms. The molecular weight excluding hydrogens is 228 g/mol. The number of benzene rings is 1. The van der Waals surface area contributed by atoms with E-state index in [1.807, 2.05) is 30.0 Å². The van der Waals surface area contributed by atoms with E-state index in [4.69, 9.17) is 0 Å². The fourth-order valence-electron chi connectivity index (χ4n) is 2.41. The Morgan fingerprint density at radius 1 is 1.44 bits per heavy atom. The van der Waals surface area contributed by atoms with Crippen molar-refractivity contribution < 1.29 is 9.90 Å². The highest BCUT2D eigenvalue weighted by atomic mass is 16.3. The molecule has 1 aromatic carbocycles. The third-order valence-corrected chi connectivity index (χ3v) is 3.64. The van der Waals surface area contributed by atoms with Crippen LogP contribution in [-0.4, -0.2) is 48.7 Å². The lowest BCUT2D eigenvalue weighted by atomic mass is 9.98. The SMILES string of the molecule is CN(C)C(=O)CN1c2ccccc2C[C@]1(C)CO. The minimum atomic E-state index is -0.380. The third kappa shape index (κ3) is 2.08. The second kappa shape index (κ2) is 4.61.